The standard InChI is InChI=1S/C14H11NO4/c1-2-15-7-10(14(17)18)13(16)9-6-12-8(3-4-19-12)5-11(9)15/h2,5-7H,1,3-4H2,(H,17,18). The van der Waals surface area contributed by atoms with Gasteiger partial charge in [-0.15, -0.1) is 0 Å². The molecule has 19 heavy (non-hydrogen) atoms. The summed E-state index contributed by atoms with van der Waals surface area (Å²) in [4.78, 5) is 23.2. The molecule has 0 atom stereocenters. The second-order valence-electron chi connectivity index (χ2n) is 4.34. The van der Waals surface area contributed by atoms with Gasteiger partial charge in [0.2, 0.25) is 5.43 Å². The molecule has 0 amide bonds. The van der Waals surface area contributed by atoms with Crippen molar-refractivity contribution in [3.05, 3.63) is 46.3 Å². The second-order valence-corrected chi connectivity index (χ2v) is 4.34. The fourth-order valence-electron chi connectivity index (χ4n) is 2.32. The molecule has 1 aromatic carbocycles. The Bertz CT molecular complexity index is 773. The Morgan fingerprint density at radius 1 is 1.47 bits per heavy atom. The summed E-state index contributed by atoms with van der Waals surface area (Å²) in [5.41, 5.74) is 0.893. The number of aromatic nitrogens is 1. The van der Waals surface area contributed by atoms with Crippen molar-refractivity contribution in [1.82, 2.24) is 4.57 Å². The number of carboxylic acids is 1. The molecule has 5 heteroatoms. The highest BCUT2D eigenvalue weighted by molar-refractivity contribution is 5.94. The normalized spacial score (nSPS) is 13.1. The fourth-order valence-corrected chi connectivity index (χ4v) is 2.32. The molecular formula is C14H11NO4. The Kier molecular flexibility index (Phi) is 2.41. The lowest BCUT2D eigenvalue weighted by Gasteiger charge is -2.09. The third-order valence-electron chi connectivity index (χ3n) is 3.27. The van der Waals surface area contributed by atoms with Crippen molar-refractivity contribution in [3.63, 3.8) is 0 Å². The van der Waals surface area contributed by atoms with Crippen molar-refractivity contribution in [3.8, 4) is 5.75 Å². The van der Waals surface area contributed by atoms with Gasteiger partial charge in [-0.1, -0.05) is 6.58 Å². The topological polar surface area (TPSA) is 68.5 Å². The number of hydrogen-bond acceptors (Lipinski definition) is 3. The van der Waals surface area contributed by atoms with Crippen molar-refractivity contribution in [2.24, 2.45) is 0 Å². The van der Waals surface area contributed by atoms with Crippen LogP contribution in [0.1, 0.15) is 15.9 Å². The maximum Gasteiger partial charge on any atom is 0.341 e. The largest absolute Gasteiger partial charge is 0.493 e. The van der Waals surface area contributed by atoms with Crippen LogP contribution in [0.15, 0.2) is 29.7 Å². The molecule has 0 fully saturated rings. The van der Waals surface area contributed by atoms with Gasteiger partial charge in [0.1, 0.15) is 11.3 Å². The van der Waals surface area contributed by atoms with Crippen LogP contribution in [0.5, 0.6) is 5.75 Å². The van der Waals surface area contributed by atoms with Crippen LogP contribution in [0, 0.1) is 0 Å². The number of rotatable bonds is 2. The van der Waals surface area contributed by atoms with Crippen LogP contribution in [-0.2, 0) is 6.42 Å². The molecule has 0 radical (unpaired) electrons. The summed E-state index contributed by atoms with van der Waals surface area (Å²) in [6.45, 7) is 4.22. The lowest BCUT2D eigenvalue weighted by Crippen LogP contribution is -2.17. The van der Waals surface area contributed by atoms with Gasteiger partial charge in [0.25, 0.3) is 0 Å². The first-order valence-electron chi connectivity index (χ1n) is 5.82. The Morgan fingerprint density at radius 3 is 2.95 bits per heavy atom. The van der Waals surface area contributed by atoms with E-state index >= 15 is 0 Å². The smallest absolute Gasteiger partial charge is 0.341 e. The van der Waals surface area contributed by atoms with Gasteiger partial charge in [-0.2, -0.15) is 0 Å². The number of nitrogens with zero attached hydrogens (tertiary/aromatic N) is 1. The number of benzene rings is 1. The van der Waals surface area contributed by atoms with Crippen LogP contribution in [0.3, 0.4) is 0 Å². The molecule has 96 valence electrons. The minimum absolute atomic E-state index is 0.273. The number of ether oxygens (including phenoxy) is 1. The first kappa shape index (κ1) is 11.5. The Balaban J connectivity index is 2.46. The summed E-state index contributed by atoms with van der Waals surface area (Å²) in [5, 5.41) is 9.39. The van der Waals surface area contributed by atoms with Crippen molar-refractivity contribution in [2.75, 3.05) is 6.61 Å². The molecule has 0 spiro atoms. The molecule has 1 aromatic heterocycles. The van der Waals surface area contributed by atoms with Crippen LogP contribution >= 0.6 is 0 Å². The van der Waals surface area contributed by atoms with Crippen LogP contribution in [0.25, 0.3) is 17.1 Å². The van der Waals surface area contributed by atoms with E-state index in [9.17, 15) is 9.59 Å². The minimum Gasteiger partial charge on any atom is -0.493 e. The zero-order chi connectivity index (χ0) is 13.6. The predicted molar refractivity (Wildman–Crippen MR) is 70.8 cm³/mol. The molecule has 2 heterocycles. The number of hydrogen-bond donors (Lipinski definition) is 1. The van der Waals surface area contributed by atoms with Crippen molar-refractivity contribution in [2.45, 2.75) is 6.42 Å². The monoisotopic (exact) mass is 257 g/mol. The van der Waals surface area contributed by atoms with E-state index < -0.39 is 11.4 Å². The average Bonchev–Trinajstić information content (AvgIpc) is 2.84. The highest BCUT2D eigenvalue weighted by Gasteiger charge is 2.18. The van der Waals surface area contributed by atoms with Gasteiger partial charge in [0, 0.05) is 18.8 Å². The van der Waals surface area contributed by atoms with Crippen molar-refractivity contribution < 1.29 is 14.6 Å². The number of aromatic carboxylic acids is 1. The Hall–Kier alpha value is -2.56. The molecule has 0 bridgehead atoms. The summed E-state index contributed by atoms with van der Waals surface area (Å²) in [5.74, 6) is -0.591. The SMILES string of the molecule is C=Cn1cc(C(=O)O)c(=O)c2cc3c(cc21)CCO3. The van der Waals surface area contributed by atoms with Gasteiger partial charge < -0.3 is 14.4 Å². The maximum atomic E-state index is 12.2. The van der Waals surface area contributed by atoms with Gasteiger partial charge >= 0.3 is 5.97 Å². The molecule has 0 unspecified atom stereocenters. The van der Waals surface area contributed by atoms with E-state index in [0.29, 0.717) is 23.3 Å². The zero-order valence-corrected chi connectivity index (χ0v) is 10.0. The molecular weight excluding hydrogens is 246 g/mol. The Labute approximate surface area is 108 Å². The van der Waals surface area contributed by atoms with Crippen LogP contribution in [-0.4, -0.2) is 22.2 Å². The molecule has 1 aliphatic heterocycles. The third kappa shape index (κ3) is 1.62. The molecule has 0 aliphatic carbocycles. The van der Waals surface area contributed by atoms with Gasteiger partial charge in [-0.25, -0.2) is 4.79 Å². The molecule has 3 rings (SSSR count). The van der Waals surface area contributed by atoms with E-state index in [1.165, 1.54) is 12.4 Å². The molecule has 1 N–H and O–H groups in total. The fraction of sp³-hybridized carbons (Fsp3) is 0.143. The number of fused-ring (bicyclic) bond motifs is 2. The molecule has 5 nitrogen and oxygen atoms in total. The van der Waals surface area contributed by atoms with Crippen LogP contribution < -0.4 is 10.2 Å². The summed E-state index contributed by atoms with van der Waals surface area (Å²) in [6.07, 6.45) is 3.57. The van der Waals surface area contributed by atoms with E-state index in [4.69, 9.17) is 9.84 Å². The van der Waals surface area contributed by atoms with Crippen LogP contribution in [0.2, 0.25) is 0 Å². The summed E-state index contributed by atoms with van der Waals surface area (Å²) in [7, 11) is 0. The first-order valence-corrected chi connectivity index (χ1v) is 5.82. The van der Waals surface area contributed by atoms with Gasteiger partial charge in [0.15, 0.2) is 0 Å². The lowest BCUT2D eigenvalue weighted by molar-refractivity contribution is 0.0695. The Morgan fingerprint density at radius 2 is 2.26 bits per heavy atom. The summed E-state index contributed by atoms with van der Waals surface area (Å²) >= 11 is 0. The van der Waals surface area contributed by atoms with Gasteiger partial charge in [0.05, 0.1) is 17.5 Å². The third-order valence-corrected chi connectivity index (χ3v) is 3.27. The van der Waals surface area contributed by atoms with Crippen LogP contribution in [0.4, 0.5) is 0 Å². The molecule has 0 saturated carbocycles. The maximum absolute atomic E-state index is 12.2. The molecule has 2 aromatic rings. The number of pyridine rings is 1. The second kappa shape index (κ2) is 3.98. The lowest BCUT2D eigenvalue weighted by atomic mass is 10.1. The number of carbonyl (C=O) groups is 1. The zero-order valence-electron chi connectivity index (χ0n) is 10.0. The highest BCUT2D eigenvalue weighted by atomic mass is 16.5. The summed E-state index contributed by atoms with van der Waals surface area (Å²) < 4.78 is 6.97. The van der Waals surface area contributed by atoms with E-state index in [1.807, 2.05) is 6.07 Å². The quantitative estimate of drug-likeness (QED) is 0.889. The van der Waals surface area contributed by atoms with E-state index in [0.717, 1.165) is 12.0 Å². The van der Waals surface area contributed by atoms with E-state index in [1.54, 1.807) is 10.6 Å². The van der Waals surface area contributed by atoms with Crippen molar-refractivity contribution >= 4 is 23.1 Å². The van der Waals surface area contributed by atoms with Gasteiger partial charge in [-0.05, 0) is 17.7 Å². The first-order chi connectivity index (χ1) is 9.11. The minimum atomic E-state index is -1.25. The van der Waals surface area contributed by atoms with Crippen molar-refractivity contribution in [1.29, 1.82) is 0 Å². The highest BCUT2D eigenvalue weighted by Crippen LogP contribution is 2.29. The predicted octanol–water partition coefficient (Wildman–Crippen LogP) is 1.74. The molecule has 1 aliphatic rings. The number of carboxylic acid groups (broad SMARTS) is 1. The molecule has 0 saturated heterocycles. The van der Waals surface area contributed by atoms with Gasteiger partial charge in [-0.3, -0.25) is 4.79 Å². The van der Waals surface area contributed by atoms with E-state index in [-0.39, 0.29) is 5.56 Å². The van der Waals surface area contributed by atoms with E-state index in [2.05, 4.69) is 6.58 Å². The average molecular weight is 257 g/mol. The summed E-state index contributed by atoms with van der Waals surface area (Å²) in [6, 6.07) is 3.47.